The Kier molecular flexibility index (Phi) is 3.87. The van der Waals surface area contributed by atoms with Crippen LogP contribution in [0.4, 0.5) is 5.69 Å². The van der Waals surface area contributed by atoms with Crippen LogP contribution >= 0.6 is 0 Å². The standard InChI is InChI=1S/C22H17N5O2/c1-13-19(12-23-27(13)20-8-9-21(28)26-25-20)22(29)24-16-6-7-18-15(11-16)10-14-4-2-3-5-17(14)18/h2-9,11-12H,10H2,1H3,(H,24,29)(H,26,28). The highest BCUT2D eigenvalue weighted by molar-refractivity contribution is 6.05. The number of carbonyl (C=O) groups excluding carboxylic acids is 1. The molecule has 0 radical (unpaired) electrons. The largest absolute Gasteiger partial charge is 0.322 e. The molecule has 142 valence electrons. The van der Waals surface area contributed by atoms with Crippen LogP contribution in [0.2, 0.25) is 0 Å². The van der Waals surface area contributed by atoms with Crippen LogP contribution in [0.5, 0.6) is 0 Å². The van der Waals surface area contributed by atoms with Gasteiger partial charge < -0.3 is 5.32 Å². The Labute approximate surface area is 166 Å². The van der Waals surface area contributed by atoms with E-state index in [9.17, 15) is 9.59 Å². The average molecular weight is 383 g/mol. The topological polar surface area (TPSA) is 92.7 Å². The molecule has 0 atom stereocenters. The van der Waals surface area contributed by atoms with E-state index in [1.165, 1.54) is 39.2 Å². The third-order valence-corrected chi connectivity index (χ3v) is 5.19. The molecule has 2 aromatic heterocycles. The van der Waals surface area contributed by atoms with Crippen molar-refractivity contribution in [3.8, 4) is 16.9 Å². The summed E-state index contributed by atoms with van der Waals surface area (Å²) in [5.74, 6) is 0.199. The number of hydrogen-bond acceptors (Lipinski definition) is 4. The zero-order valence-electron chi connectivity index (χ0n) is 15.6. The fourth-order valence-electron chi connectivity index (χ4n) is 3.74. The Morgan fingerprint density at radius 1 is 1.07 bits per heavy atom. The average Bonchev–Trinajstić information content (AvgIpc) is 3.28. The van der Waals surface area contributed by atoms with Crippen molar-refractivity contribution in [2.24, 2.45) is 0 Å². The van der Waals surface area contributed by atoms with Gasteiger partial charge in [-0.3, -0.25) is 9.59 Å². The van der Waals surface area contributed by atoms with Crippen LogP contribution in [0.25, 0.3) is 16.9 Å². The number of rotatable bonds is 3. The molecule has 7 nitrogen and oxygen atoms in total. The number of amides is 1. The first-order valence-electron chi connectivity index (χ1n) is 9.23. The summed E-state index contributed by atoms with van der Waals surface area (Å²) < 4.78 is 1.52. The quantitative estimate of drug-likeness (QED) is 0.501. The Balaban J connectivity index is 1.40. The maximum atomic E-state index is 12.8. The lowest BCUT2D eigenvalue weighted by molar-refractivity contribution is 0.102. The molecular formula is C22H17N5O2. The maximum Gasteiger partial charge on any atom is 0.264 e. The summed E-state index contributed by atoms with van der Waals surface area (Å²) in [6, 6.07) is 17.3. The first-order chi connectivity index (χ1) is 14.1. The minimum atomic E-state index is -0.296. The van der Waals surface area contributed by atoms with Crippen LogP contribution in [-0.4, -0.2) is 25.9 Å². The number of aromatic nitrogens is 4. The Hall–Kier alpha value is -4.00. The van der Waals surface area contributed by atoms with E-state index in [1.54, 1.807) is 13.0 Å². The van der Waals surface area contributed by atoms with Crippen LogP contribution in [-0.2, 0) is 6.42 Å². The molecule has 1 aliphatic carbocycles. The van der Waals surface area contributed by atoms with Crippen molar-refractivity contribution >= 4 is 11.6 Å². The van der Waals surface area contributed by atoms with Crippen molar-refractivity contribution in [1.82, 2.24) is 20.0 Å². The lowest BCUT2D eigenvalue weighted by Crippen LogP contribution is -2.14. The van der Waals surface area contributed by atoms with E-state index >= 15 is 0 Å². The molecule has 0 fully saturated rings. The molecule has 0 unspecified atom stereocenters. The molecule has 0 aliphatic heterocycles. The number of carbonyl (C=O) groups is 1. The number of aromatic amines is 1. The molecule has 0 saturated heterocycles. The van der Waals surface area contributed by atoms with Gasteiger partial charge in [0.15, 0.2) is 5.82 Å². The second kappa shape index (κ2) is 6.56. The molecule has 1 aliphatic rings. The van der Waals surface area contributed by atoms with Gasteiger partial charge >= 0.3 is 0 Å². The Morgan fingerprint density at radius 2 is 1.90 bits per heavy atom. The van der Waals surface area contributed by atoms with Gasteiger partial charge in [0, 0.05) is 11.8 Å². The van der Waals surface area contributed by atoms with Gasteiger partial charge in [0.1, 0.15) is 0 Å². The minimum absolute atomic E-state index is 0.242. The van der Waals surface area contributed by atoms with Crippen molar-refractivity contribution in [2.45, 2.75) is 13.3 Å². The zero-order valence-corrected chi connectivity index (χ0v) is 15.6. The van der Waals surface area contributed by atoms with Crippen LogP contribution in [0.3, 0.4) is 0 Å². The van der Waals surface area contributed by atoms with Crippen LogP contribution < -0.4 is 10.9 Å². The number of H-pyrrole nitrogens is 1. The van der Waals surface area contributed by atoms with E-state index in [4.69, 9.17) is 0 Å². The van der Waals surface area contributed by atoms with Gasteiger partial charge in [-0.05, 0) is 53.8 Å². The number of nitrogens with one attached hydrogen (secondary N) is 2. The fourth-order valence-corrected chi connectivity index (χ4v) is 3.74. The summed E-state index contributed by atoms with van der Waals surface area (Å²) >= 11 is 0. The van der Waals surface area contributed by atoms with Gasteiger partial charge in [-0.15, -0.1) is 0 Å². The summed E-state index contributed by atoms with van der Waals surface area (Å²) in [6.45, 7) is 1.79. The smallest absolute Gasteiger partial charge is 0.264 e. The van der Waals surface area contributed by atoms with Gasteiger partial charge in [0.05, 0.1) is 17.5 Å². The van der Waals surface area contributed by atoms with Gasteiger partial charge in [0.25, 0.3) is 11.5 Å². The maximum absolute atomic E-state index is 12.8. The van der Waals surface area contributed by atoms with Crippen molar-refractivity contribution in [1.29, 1.82) is 0 Å². The number of hydrogen-bond donors (Lipinski definition) is 2. The number of anilines is 1. The van der Waals surface area contributed by atoms with Crippen molar-refractivity contribution in [2.75, 3.05) is 5.32 Å². The lowest BCUT2D eigenvalue weighted by Gasteiger charge is -2.08. The van der Waals surface area contributed by atoms with Crippen LogP contribution in [0.15, 0.2) is 65.6 Å². The molecule has 7 heteroatoms. The van der Waals surface area contributed by atoms with E-state index in [2.05, 4.69) is 38.8 Å². The molecule has 5 rings (SSSR count). The third kappa shape index (κ3) is 2.93. The van der Waals surface area contributed by atoms with Gasteiger partial charge in [-0.2, -0.15) is 10.2 Å². The summed E-state index contributed by atoms with van der Waals surface area (Å²) in [5, 5.41) is 13.5. The van der Waals surface area contributed by atoms with E-state index < -0.39 is 0 Å². The van der Waals surface area contributed by atoms with Crippen molar-refractivity contribution < 1.29 is 4.79 Å². The molecule has 0 bridgehead atoms. The first-order valence-corrected chi connectivity index (χ1v) is 9.23. The van der Waals surface area contributed by atoms with E-state index in [-0.39, 0.29) is 11.5 Å². The van der Waals surface area contributed by atoms with E-state index in [0.29, 0.717) is 17.1 Å². The first kappa shape index (κ1) is 17.1. The van der Waals surface area contributed by atoms with Gasteiger partial charge in [0.2, 0.25) is 0 Å². The zero-order chi connectivity index (χ0) is 20.0. The summed E-state index contributed by atoms with van der Waals surface area (Å²) in [4.78, 5) is 24.0. The second-order valence-electron chi connectivity index (χ2n) is 6.99. The van der Waals surface area contributed by atoms with Crippen molar-refractivity contribution in [3.05, 3.63) is 93.5 Å². The summed E-state index contributed by atoms with van der Waals surface area (Å²) in [5.41, 5.74) is 6.51. The lowest BCUT2D eigenvalue weighted by atomic mass is 10.1. The molecular weight excluding hydrogens is 366 g/mol. The highest BCUT2D eigenvalue weighted by Crippen LogP contribution is 2.37. The predicted octanol–water partition coefficient (Wildman–Crippen LogP) is 3.09. The van der Waals surface area contributed by atoms with Gasteiger partial charge in [-0.25, -0.2) is 9.78 Å². The number of fused-ring (bicyclic) bond motifs is 3. The molecule has 2 aromatic carbocycles. The second-order valence-corrected chi connectivity index (χ2v) is 6.99. The Bertz CT molecular complexity index is 1300. The van der Waals surface area contributed by atoms with Gasteiger partial charge in [-0.1, -0.05) is 30.3 Å². The van der Waals surface area contributed by atoms with Crippen LogP contribution in [0.1, 0.15) is 27.2 Å². The van der Waals surface area contributed by atoms with E-state index in [0.717, 1.165) is 12.1 Å². The Morgan fingerprint density at radius 3 is 2.72 bits per heavy atom. The third-order valence-electron chi connectivity index (χ3n) is 5.19. The molecule has 0 saturated carbocycles. The monoisotopic (exact) mass is 383 g/mol. The van der Waals surface area contributed by atoms with Crippen molar-refractivity contribution in [3.63, 3.8) is 0 Å². The summed E-state index contributed by atoms with van der Waals surface area (Å²) in [7, 11) is 0. The highest BCUT2D eigenvalue weighted by Gasteiger charge is 2.20. The van der Waals surface area contributed by atoms with Crippen LogP contribution in [0, 0.1) is 6.92 Å². The molecule has 4 aromatic rings. The predicted molar refractivity (Wildman–Crippen MR) is 109 cm³/mol. The van der Waals surface area contributed by atoms with E-state index in [1.807, 2.05) is 24.3 Å². The minimum Gasteiger partial charge on any atom is -0.322 e. The fraction of sp³-hybridized carbons (Fsp3) is 0.0909. The molecule has 29 heavy (non-hydrogen) atoms. The number of nitrogens with zero attached hydrogens (tertiary/aromatic N) is 3. The molecule has 1 amide bonds. The SMILES string of the molecule is Cc1c(C(=O)Nc2ccc3c(c2)Cc2ccccc2-3)cnn1-c1ccc(=O)[nH]n1. The highest BCUT2D eigenvalue weighted by atomic mass is 16.1. The molecule has 2 N–H and O–H groups in total. The summed E-state index contributed by atoms with van der Waals surface area (Å²) in [6.07, 6.45) is 2.37. The normalized spacial score (nSPS) is 11.8. The number of benzene rings is 2. The molecule has 2 heterocycles. The molecule has 0 spiro atoms.